The molecule has 14 heteroatoms. The Labute approximate surface area is 214 Å². The number of esters is 1. The topological polar surface area (TPSA) is 128 Å². The van der Waals surface area contributed by atoms with Crippen molar-refractivity contribution in [3.05, 3.63) is 53.1 Å². The molecule has 0 bridgehead atoms. The van der Waals surface area contributed by atoms with Gasteiger partial charge in [-0.1, -0.05) is 52.4 Å². The van der Waals surface area contributed by atoms with E-state index in [-0.39, 0.29) is 33.8 Å². The monoisotopic (exact) mass is 554 g/mol. The number of thioether (sulfide) groups is 1. The number of ether oxygens (including phenoxy) is 2. The van der Waals surface area contributed by atoms with Crippen molar-refractivity contribution in [3.8, 4) is 5.75 Å². The van der Waals surface area contributed by atoms with Crippen LogP contribution in [0.15, 0.2) is 51.7 Å². The molecule has 2 heterocycles. The van der Waals surface area contributed by atoms with E-state index in [1.165, 1.54) is 31.4 Å². The number of halogens is 1. The molecule has 0 fully saturated rings. The summed E-state index contributed by atoms with van der Waals surface area (Å²) >= 11 is 8.31. The van der Waals surface area contributed by atoms with Crippen LogP contribution < -0.4 is 14.4 Å². The van der Waals surface area contributed by atoms with Crippen molar-refractivity contribution in [1.29, 1.82) is 0 Å². The summed E-state index contributed by atoms with van der Waals surface area (Å²) in [6, 6.07) is 11.0. The number of amides is 1. The smallest absolute Gasteiger partial charge is 0.316 e. The van der Waals surface area contributed by atoms with Crippen molar-refractivity contribution in [2.75, 3.05) is 29.0 Å². The number of benzene rings is 2. The number of rotatable bonds is 7. The number of aromatic nitrogens is 2. The Kier molecular flexibility index (Phi) is 7.50. The van der Waals surface area contributed by atoms with Gasteiger partial charge in [-0.2, -0.15) is 0 Å². The average molecular weight is 555 g/mol. The summed E-state index contributed by atoms with van der Waals surface area (Å²) in [6.45, 7) is 1.57. The molecule has 1 aromatic heterocycles. The molecule has 4 rings (SSSR count). The number of carbonyl (C=O) groups is 2. The molecular formula is C21H19ClN4O6S3. The number of nitrogens with zero attached hydrogens (tertiary/aromatic N) is 3. The van der Waals surface area contributed by atoms with Gasteiger partial charge in [-0.05, 0) is 37.3 Å². The molecule has 1 N–H and O–H groups in total. The standard InChI is InChI=1S/C21H19ClN4O6S3/c1-12-3-6-14(7-4-12)35(29,30)26-10-17(32-16-8-5-13(22)9-15(16)26)19(28)23-20-24-25-21(34-20)33-11-18(27)31-2/h3-9,17H,10-11H2,1-2H3,(H,23,24,28)/t17-/m0/s1. The Hall–Kier alpha value is -2.87. The van der Waals surface area contributed by atoms with E-state index in [0.717, 1.165) is 33.0 Å². The first-order chi connectivity index (χ1) is 16.7. The predicted molar refractivity (Wildman–Crippen MR) is 133 cm³/mol. The lowest BCUT2D eigenvalue weighted by molar-refractivity contribution is -0.137. The number of fused-ring (bicyclic) bond motifs is 1. The lowest BCUT2D eigenvalue weighted by Crippen LogP contribution is -2.48. The van der Waals surface area contributed by atoms with E-state index < -0.39 is 28.0 Å². The summed E-state index contributed by atoms with van der Waals surface area (Å²) in [4.78, 5) is 24.4. The molecule has 1 aliphatic heterocycles. The maximum Gasteiger partial charge on any atom is 0.316 e. The van der Waals surface area contributed by atoms with E-state index in [1.54, 1.807) is 18.2 Å². The summed E-state index contributed by atoms with van der Waals surface area (Å²) in [5.41, 5.74) is 1.15. The summed E-state index contributed by atoms with van der Waals surface area (Å²) in [6.07, 6.45) is -1.17. The van der Waals surface area contributed by atoms with Crippen LogP contribution in [0.3, 0.4) is 0 Å². The van der Waals surface area contributed by atoms with Crippen molar-refractivity contribution in [1.82, 2.24) is 10.2 Å². The number of hydrogen-bond donors (Lipinski definition) is 1. The van der Waals surface area contributed by atoms with Crippen LogP contribution >= 0.6 is 34.7 Å². The van der Waals surface area contributed by atoms with Gasteiger partial charge in [0.25, 0.3) is 15.9 Å². The number of methoxy groups -OCH3 is 1. The van der Waals surface area contributed by atoms with Gasteiger partial charge in [-0.15, -0.1) is 10.2 Å². The minimum absolute atomic E-state index is 0.0516. The maximum atomic E-state index is 13.5. The van der Waals surface area contributed by atoms with Crippen LogP contribution in [0.5, 0.6) is 5.75 Å². The Morgan fingerprint density at radius 3 is 2.71 bits per heavy atom. The van der Waals surface area contributed by atoms with Gasteiger partial charge in [-0.3, -0.25) is 19.2 Å². The zero-order valence-corrected chi connectivity index (χ0v) is 21.6. The summed E-state index contributed by atoms with van der Waals surface area (Å²) in [7, 11) is -2.74. The lowest BCUT2D eigenvalue weighted by Gasteiger charge is -2.34. The fourth-order valence-corrected chi connectivity index (χ4v) is 6.33. The maximum absolute atomic E-state index is 13.5. The van der Waals surface area contributed by atoms with Crippen LogP contribution in [0.25, 0.3) is 0 Å². The third-order valence-corrected chi connectivity index (χ3v) is 8.84. The lowest BCUT2D eigenvalue weighted by atomic mass is 10.2. The van der Waals surface area contributed by atoms with Gasteiger partial charge in [0.15, 0.2) is 10.4 Å². The molecule has 184 valence electrons. The number of sulfonamides is 1. The van der Waals surface area contributed by atoms with Gasteiger partial charge in [0.05, 0.1) is 30.0 Å². The Morgan fingerprint density at radius 2 is 2.00 bits per heavy atom. The SMILES string of the molecule is COC(=O)CSc1nnc(NC(=O)[C@@H]2CN(S(=O)(=O)c3ccc(C)cc3)c3cc(Cl)ccc3O2)s1. The third kappa shape index (κ3) is 5.69. The normalized spacial score (nSPS) is 15.2. The van der Waals surface area contributed by atoms with E-state index >= 15 is 0 Å². The van der Waals surface area contributed by atoms with E-state index in [9.17, 15) is 18.0 Å². The first-order valence-electron chi connectivity index (χ1n) is 10.1. The second-order valence-electron chi connectivity index (χ2n) is 7.29. The molecule has 1 amide bonds. The Balaban J connectivity index is 1.56. The molecule has 2 aromatic carbocycles. The van der Waals surface area contributed by atoms with Gasteiger partial charge in [0, 0.05) is 5.02 Å². The highest BCUT2D eigenvalue weighted by atomic mass is 35.5. The highest BCUT2D eigenvalue weighted by Crippen LogP contribution is 2.39. The molecule has 0 saturated heterocycles. The molecule has 0 aliphatic carbocycles. The third-order valence-electron chi connectivity index (χ3n) is 4.87. The zero-order valence-electron chi connectivity index (χ0n) is 18.4. The molecule has 0 radical (unpaired) electrons. The second-order valence-corrected chi connectivity index (χ2v) is 11.8. The molecule has 1 atom stereocenters. The number of aryl methyl sites for hydroxylation is 1. The first-order valence-corrected chi connectivity index (χ1v) is 13.7. The summed E-state index contributed by atoms with van der Waals surface area (Å²) in [5.74, 6) is -0.769. The van der Waals surface area contributed by atoms with E-state index in [0.29, 0.717) is 9.36 Å². The second kappa shape index (κ2) is 10.4. The highest BCUT2D eigenvalue weighted by molar-refractivity contribution is 8.01. The van der Waals surface area contributed by atoms with Crippen LogP contribution in [-0.2, 0) is 24.3 Å². The molecule has 0 saturated carbocycles. The molecule has 10 nitrogen and oxygen atoms in total. The van der Waals surface area contributed by atoms with Crippen LogP contribution in [0.4, 0.5) is 10.8 Å². The largest absolute Gasteiger partial charge is 0.476 e. The molecule has 3 aromatic rings. The van der Waals surface area contributed by atoms with Crippen molar-refractivity contribution >= 4 is 67.4 Å². The van der Waals surface area contributed by atoms with Crippen molar-refractivity contribution in [2.24, 2.45) is 0 Å². The fraction of sp³-hybridized carbons (Fsp3) is 0.238. The minimum atomic E-state index is -4.02. The van der Waals surface area contributed by atoms with Crippen LogP contribution in [0, 0.1) is 6.92 Å². The Morgan fingerprint density at radius 1 is 1.26 bits per heavy atom. The van der Waals surface area contributed by atoms with Gasteiger partial charge >= 0.3 is 5.97 Å². The number of hydrogen-bond acceptors (Lipinski definition) is 10. The van der Waals surface area contributed by atoms with Crippen LogP contribution in [-0.4, -0.2) is 56.0 Å². The summed E-state index contributed by atoms with van der Waals surface area (Å²) < 4.78 is 38.9. The molecular weight excluding hydrogens is 536 g/mol. The Bertz CT molecular complexity index is 1360. The van der Waals surface area contributed by atoms with Gasteiger partial charge < -0.3 is 9.47 Å². The van der Waals surface area contributed by atoms with E-state index in [2.05, 4.69) is 20.3 Å². The fourth-order valence-electron chi connectivity index (χ4n) is 3.11. The molecule has 0 spiro atoms. The van der Waals surface area contributed by atoms with Crippen molar-refractivity contribution in [3.63, 3.8) is 0 Å². The van der Waals surface area contributed by atoms with Gasteiger partial charge in [0.2, 0.25) is 5.13 Å². The van der Waals surface area contributed by atoms with Gasteiger partial charge in [0.1, 0.15) is 5.75 Å². The van der Waals surface area contributed by atoms with E-state index in [1.807, 2.05) is 6.92 Å². The van der Waals surface area contributed by atoms with Gasteiger partial charge in [-0.25, -0.2) is 8.42 Å². The number of anilines is 2. The quantitative estimate of drug-likeness (QED) is 0.265. The van der Waals surface area contributed by atoms with E-state index in [4.69, 9.17) is 16.3 Å². The predicted octanol–water partition coefficient (Wildman–Crippen LogP) is 3.36. The minimum Gasteiger partial charge on any atom is -0.476 e. The zero-order chi connectivity index (χ0) is 25.2. The van der Waals surface area contributed by atoms with Crippen LogP contribution in [0.1, 0.15) is 5.56 Å². The van der Waals surface area contributed by atoms with Crippen molar-refractivity contribution in [2.45, 2.75) is 22.3 Å². The van der Waals surface area contributed by atoms with Crippen molar-refractivity contribution < 1.29 is 27.5 Å². The molecule has 35 heavy (non-hydrogen) atoms. The summed E-state index contributed by atoms with van der Waals surface area (Å²) in [5, 5.41) is 10.9. The molecule has 0 unspecified atom stereocenters. The number of carbonyl (C=O) groups excluding carboxylic acids is 2. The van der Waals surface area contributed by atoms with Crippen LogP contribution in [0.2, 0.25) is 5.02 Å². The number of nitrogens with one attached hydrogen (secondary N) is 1. The highest BCUT2D eigenvalue weighted by Gasteiger charge is 2.38. The average Bonchev–Trinajstić information content (AvgIpc) is 3.29. The first kappa shape index (κ1) is 25.2. The molecule has 1 aliphatic rings.